The molecule has 2 unspecified atom stereocenters. The Morgan fingerprint density at radius 1 is 1.38 bits per heavy atom. The number of nitrogens with two attached hydrogens (primary N) is 1. The Bertz CT molecular complexity index is 220. The van der Waals surface area contributed by atoms with Crippen molar-refractivity contribution in [2.45, 2.75) is 31.6 Å². The minimum absolute atomic E-state index is 0.0163. The number of alkyl halides is 3. The van der Waals surface area contributed by atoms with Crippen LogP contribution in [0.2, 0.25) is 0 Å². The molecule has 0 spiro atoms. The van der Waals surface area contributed by atoms with Crippen molar-refractivity contribution in [2.24, 2.45) is 5.73 Å². The number of hydrogen-bond acceptors (Lipinski definition) is 3. The van der Waals surface area contributed by atoms with Gasteiger partial charge in [-0.15, -0.1) is 0 Å². The van der Waals surface area contributed by atoms with E-state index in [0.717, 1.165) is 0 Å². The van der Waals surface area contributed by atoms with Gasteiger partial charge in [-0.25, -0.2) is 0 Å². The fourth-order valence-corrected chi connectivity index (χ4v) is 2.29. The first-order chi connectivity index (χ1) is 7.36. The summed E-state index contributed by atoms with van der Waals surface area (Å²) in [5.74, 6) is 0. The highest BCUT2D eigenvalue weighted by molar-refractivity contribution is 4.87. The second-order valence-electron chi connectivity index (χ2n) is 4.48. The van der Waals surface area contributed by atoms with Gasteiger partial charge in [0.15, 0.2) is 0 Å². The molecule has 0 aromatic heterocycles. The molecular weight excluding hydrogens is 219 g/mol. The van der Waals surface area contributed by atoms with E-state index < -0.39 is 12.2 Å². The van der Waals surface area contributed by atoms with Gasteiger partial charge in [-0.05, 0) is 26.9 Å². The van der Waals surface area contributed by atoms with Crippen LogP contribution in [0.5, 0.6) is 0 Å². The van der Waals surface area contributed by atoms with E-state index >= 15 is 0 Å². The lowest BCUT2D eigenvalue weighted by molar-refractivity contribution is -0.194. The van der Waals surface area contributed by atoms with Crippen molar-refractivity contribution >= 4 is 0 Å². The highest BCUT2D eigenvalue weighted by Gasteiger charge is 2.45. The summed E-state index contributed by atoms with van der Waals surface area (Å²) in [6.45, 7) is 3.73. The van der Waals surface area contributed by atoms with E-state index in [1.807, 2.05) is 14.0 Å². The van der Waals surface area contributed by atoms with Crippen LogP contribution in [0.3, 0.4) is 0 Å². The van der Waals surface area contributed by atoms with Gasteiger partial charge in [0.05, 0.1) is 0 Å². The molecule has 0 aromatic carbocycles. The molecule has 2 atom stereocenters. The largest absolute Gasteiger partial charge is 0.404 e. The number of halogens is 3. The van der Waals surface area contributed by atoms with Gasteiger partial charge >= 0.3 is 6.18 Å². The van der Waals surface area contributed by atoms with E-state index in [-0.39, 0.29) is 19.0 Å². The summed E-state index contributed by atoms with van der Waals surface area (Å²) in [5, 5.41) is 0. The van der Waals surface area contributed by atoms with Gasteiger partial charge in [0.25, 0.3) is 0 Å². The molecule has 2 N–H and O–H groups in total. The van der Waals surface area contributed by atoms with Crippen molar-refractivity contribution < 1.29 is 13.2 Å². The minimum atomic E-state index is -4.18. The number of rotatable bonds is 3. The van der Waals surface area contributed by atoms with Crippen LogP contribution in [0, 0.1) is 0 Å². The standard InChI is InChI=1S/C10H20F3N3/c1-8-7-15(2)5-6-16(8)9(3-4-14)10(11,12)13/h8-9H,3-7,14H2,1-2H3. The average molecular weight is 239 g/mol. The lowest BCUT2D eigenvalue weighted by atomic mass is 10.1. The lowest BCUT2D eigenvalue weighted by Crippen LogP contribution is -2.58. The van der Waals surface area contributed by atoms with Crippen molar-refractivity contribution in [1.82, 2.24) is 9.80 Å². The van der Waals surface area contributed by atoms with Crippen LogP contribution in [0.4, 0.5) is 13.2 Å². The molecule has 0 aliphatic carbocycles. The molecule has 16 heavy (non-hydrogen) atoms. The number of nitrogens with zero attached hydrogens (tertiary/aromatic N) is 2. The Labute approximate surface area is 94.4 Å². The Hall–Kier alpha value is -0.330. The third-order valence-corrected chi connectivity index (χ3v) is 3.10. The zero-order chi connectivity index (χ0) is 12.3. The first-order valence-corrected chi connectivity index (χ1v) is 5.57. The molecule has 0 amide bonds. The maximum absolute atomic E-state index is 12.9. The van der Waals surface area contributed by atoms with Crippen LogP contribution in [0.1, 0.15) is 13.3 Å². The van der Waals surface area contributed by atoms with E-state index in [1.54, 1.807) is 0 Å². The number of likely N-dealkylation sites (N-methyl/N-ethyl adjacent to an activating group) is 1. The molecule has 3 nitrogen and oxygen atoms in total. The summed E-state index contributed by atoms with van der Waals surface area (Å²) in [6.07, 6.45) is -4.19. The highest BCUT2D eigenvalue weighted by Crippen LogP contribution is 2.29. The van der Waals surface area contributed by atoms with Crippen LogP contribution >= 0.6 is 0 Å². The molecule has 1 aliphatic heterocycles. The molecule has 1 heterocycles. The SMILES string of the molecule is CC1CN(C)CCN1C(CCN)C(F)(F)F. The van der Waals surface area contributed by atoms with E-state index in [4.69, 9.17) is 5.73 Å². The Morgan fingerprint density at radius 2 is 2.00 bits per heavy atom. The monoisotopic (exact) mass is 239 g/mol. The van der Waals surface area contributed by atoms with Crippen molar-refractivity contribution in [3.63, 3.8) is 0 Å². The van der Waals surface area contributed by atoms with Crippen LogP contribution in [0.25, 0.3) is 0 Å². The molecule has 0 bridgehead atoms. The predicted octanol–water partition coefficient (Wildman–Crippen LogP) is 0.902. The van der Waals surface area contributed by atoms with Crippen molar-refractivity contribution in [3.05, 3.63) is 0 Å². The van der Waals surface area contributed by atoms with Gasteiger partial charge in [0, 0.05) is 25.7 Å². The summed E-state index contributed by atoms with van der Waals surface area (Å²) >= 11 is 0. The van der Waals surface area contributed by atoms with E-state index in [1.165, 1.54) is 4.90 Å². The first-order valence-electron chi connectivity index (χ1n) is 5.57. The maximum Gasteiger partial charge on any atom is 0.404 e. The van der Waals surface area contributed by atoms with Crippen LogP contribution in [-0.2, 0) is 0 Å². The highest BCUT2D eigenvalue weighted by atomic mass is 19.4. The van der Waals surface area contributed by atoms with Gasteiger partial charge < -0.3 is 10.6 Å². The molecule has 1 saturated heterocycles. The quantitative estimate of drug-likeness (QED) is 0.794. The van der Waals surface area contributed by atoms with E-state index in [2.05, 4.69) is 4.90 Å². The minimum Gasteiger partial charge on any atom is -0.330 e. The third-order valence-electron chi connectivity index (χ3n) is 3.10. The smallest absolute Gasteiger partial charge is 0.330 e. The van der Waals surface area contributed by atoms with Gasteiger partial charge in [-0.3, -0.25) is 4.90 Å². The lowest BCUT2D eigenvalue weighted by Gasteiger charge is -2.43. The predicted molar refractivity (Wildman–Crippen MR) is 57.2 cm³/mol. The summed E-state index contributed by atoms with van der Waals surface area (Å²) < 4.78 is 38.6. The summed E-state index contributed by atoms with van der Waals surface area (Å²) in [7, 11) is 1.93. The molecule has 0 aromatic rings. The third kappa shape index (κ3) is 3.33. The van der Waals surface area contributed by atoms with E-state index in [0.29, 0.717) is 19.6 Å². The number of piperazine rings is 1. The van der Waals surface area contributed by atoms with Crippen LogP contribution in [0.15, 0.2) is 0 Å². The second-order valence-corrected chi connectivity index (χ2v) is 4.48. The average Bonchev–Trinajstić information content (AvgIpc) is 2.13. The van der Waals surface area contributed by atoms with Crippen molar-refractivity contribution in [3.8, 4) is 0 Å². The topological polar surface area (TPSA) is 32.5 Å². The summed E-state index contributed by atoms with van der Waals surface area (Å²) in [6, 6.07) is -1.46. The van der Waals surface area contributed by atoms with E-state index in [9.17, 15) is 13.2 Å². The molecule has 0 radical (unpaired) electrons. The molecule has 1 aliphatic rings. The molecule has 0 saturated carbocycles. The van der Waals surface area contributed by atoms with Gasteiger partial charge in [-0.1, -0.05) is 0 Å². The molecule has 1 rings (SSSR count). The summed E-state index contributed by atoms with van der Waals surface area (Å²) in [5.41, 5.74) is 5.27. The molecule has 1 fully saturated rings. The fraction of sp³-hybridized carbons (Fsp3) is 1.00. The fourth-order valence-electron chi connectivity index (χ4n) is 2.29. The van der Waals surface area contributed by atoms with Gasteiger partial charge in [0.2, 0.25) is 0 Å². The zero-order valence-electron chi connectivity index (χ0n) is 9.80. The Balaban J connectivity index is 2.71. The number of hydrogen-bond donors (Lipinski definition) is 1. The second kappa shape index (κ2) is 5.33. The summed E-state index contributed by atoms with van der Waals surface area (Å²) in [4.78, 5) is 3.59. The molecule has 6 heteroatoms. The molecule has 96 valence electrons. The zero-order valence-corrected chi connectivity index (χ0v) is 9.80. The van der Waals surface area contributed by atoms with Crippen LogP contribution < -0.4 is 5.73 Å². The first kappa shape index (κ1) is 13.7. The Morgan fingerprint density at radius 3 is 2.44 bits per heavy atom. The maximum atomic E-state index is 12.9. The van der Waals surface area contributed by atoms with Gasteiger partial charge in [0.1, 0.15) is 6.04 Å². The normalized spacial score (nSPS) is 27.0. The van der Waals surface area contributed by atoms with Gasteiger partial charge in [-0.2, -0.15) is 13.2 Å². The Kier molecular flexibility index (Phi) is 4.58. The molecular formula is C10H20F3N3. The van der Waals surface area contributed by atoms with Crippen molar-refractivity contribution in [2.75, 3.05) is 33.2 Å². The van der Waals surface area contributed by atoms with Crippen LogP contribution in [-0.4, -0.2) is 61.3 Å². The van der Waals surface area contributed by atoms with Crippen molar-refractivity contribution in [1.29, 1.82) is 0 Å².